The van der Waals surface area contributed by atoms with Crippen LogP contribution in [0.3, 0.4) is 0 Å². The molecule has 0 aliphatic carbocycles. The molecule has 1 aromatic heterocycles. The first kappa shape index (κ1) is 32.4. The van der Waals surface area contributed by atoms with Gasteiger partial charge in [-0.1, -0.05) is 0 Å². The summed E-state index contributed by atoms with van der Waals surface area (Å²) in [5, 5.41) is 9.46. The van der Waals surface area contributed by atoms with E-state index in [-0.39, 0.29) is 36.0 Å². The molecule has 5 rings (SSSR count). The molecule has 2 aliphatic heterocycles. The van der Waals surface area contributed by atoms with Crippen molar-refractivity contribution in [1.82, 2.24) is 4.98 Å². The third-order valence-corrected chi connectivity index (χ3v) is 7.38. The van der Waals surface area contributed by atoms with Gasteiger partial charge in [0.1, 0.15) is 35.6 Å². The van der Waals surface area contributed by atoms with Crippen LogP contribution in [-0.4, -0.2) is 80.2 Å². The zero-order valence-electron chi connectivity index (χ0n) is 23.9. The number of rotatable bonds is 9. The highest BCUT2D eigenvalue weighted by molar-refractivity contribution is 6.09. The average Bonchev–Trinajstić information content (AvgIpc) is 3.34. The lowest BCUT2D eigenvalue weighted by molar-refractivity contribution is -0.130. The molecule has 46 heavy (non-hydrogen) atoms. The number of methoxy groups -OCH3 is 1. The van der Waals surface area contributed by atoms with Crippen LogP contribution in [0.2, 0.25) is 0 Å². The van der Waals surface area contributed by atoms with E-state index in [1.165, 1.54) is 13.2 Å². The van der Waals surface area contributed by atoms with Gasteiger partial charge in [0.15, 0.2) is 11.6 Å². The monoisotopic (exact) mass is 648 g/mol. The van der Waals surface area contributed by atoms with Crippen molar-refractivity contribution in [2.24, 2.45) is 10.9 Å². The highest BCUT2D eigenvalue weighted by Crippen LogP contribution is 2.40. The Balaban J connectivity index is 1.50. The van der Waals surface area contributed by atoms with Crippen LogP contribution in [0.5, 0.6) is 11.5 Å². The molecule has 3 heterocycles. The van der Waals surface area contributed by atoms with Crippen LogP contribution >= 0.6 is 0 Å². The Hall–Kier alpha value is -4.96. The van der Waals surface area contributed by atoms with Crippen molar-refractivity contribution >= 4 is 35.6 Å². The molecule has 0 saturated carbocycles. The number of anilines is 2. The van der Waals surface area contributed by atoms with Gasteiger partial charge in [-0.2, -0.15) is 8.78 Å². The number of aliphatic hydroxyl groups excluding tert-OH is 1. The van der Waals surface area contributed by atoms with Crippen LogP contribution in [0.15, 0.2) is 53.5 Å². The van der Waals surface area contributed by atoms with Crippen LogP contribution < -0.4 is 19.3 Å². The molecule has 1 N–H and O–H groups in total. The number of hydrogen-bond donors (Lipinski definition) is 1. The summed E-state index contributed by atoms with van der Waals surface area (Å²) in [7, 11) is 1.20. The van der Waals surface area contributed by atoms with Crippen LogP contribution in [-0.2, 0) is 14.3 Å². The Bertz CT molecular complexity index is 1650. The number of morpholine rings is 1. The number of aromatic nitrogens is 1. The second kappa shape index (κ2) is 13.6. The molecule has 2 aromatic carbocycles. The fourth-order valence-electron chi connectivity index (χ4n) is 5.13. The number of carbonyl (C=O) groups excluding carboxylic acids is 3. The van der Waals surface area contributed by atoms with Gasteiger partial charge in [0.25, 0.3) is 11.8 Å². The average molecular weight is 649 g/mol. The molecule has 242 valence electrons. The third-order valence-electron chi connectivity index (χ3n) is 7.38. The summed E-state index contributed by atoms with van der Waals surface area (Å²) >= 11 is 0. The van der Waals surface area contributed by atoms with Gasteiger partial charge in [-0.15, -0.1) is 0 Å². The van der Waals surface area contributed by atoms with Crippen molar-refractivity contribution in [1.29, 1.82) is 0 Å². The summed E-state index contributed by atoms with van der Waals surface area (Å²) in [4.78, 5) is 49.0. The summed E-state index contributed by atoms with van der Waals surface area (Å²) in [6.45, 7) is -4.49. The number of benzene rings is 2. The molecule has 0 bridgehead atoms. The fourth-order valence-corrected chi connectivity index (χ4v) is 5.13. The molecule has 0 radical (unpaired) electrons. The van der Waals surface area contributed by atoms with Gasteiger partial charge in [-0.25, -0.2) is 23.1 Å². The third kappa shape index (κ3) is 6.67. The van der Waals surface area contributed by atoms with Crippen molar-refractivity contribution in [3.63, 3.8) is 0 Å². The summed E-state index contributed by atoms with van der Waals surface area (Å²) < 4.78 is 85.1. The van der Waals surface area contributed by atoms with E-state index in [1.54, 1.807) is 0 Å². The van der Waals surface area contributed by atoms with Gasteiger partial charge in [0.2, 0.25) is 5.91 Å². The minimum Gasteiger partial charge on any atom is -0.497 e. The van der Waals surface area contributed by atoms with Crippen molar-refractivity contribution in [2.45, 2.75) is 18.6 Å². The second-order valence-electron chi connectivity index (χ2n) is 10.2. The van der Waals surface area contributed by atoms with Gasteiger partial charge >= 0.3 is 6.61 Å². The van der Waals surface area contributed by atoms with E-state index in [4.69, 9.17) is 9.47 Å². The first-order valence-corrected chi connectivity index (χ1v) is 13.7. The zero-order valence-corrected chi connectivity index (χ0v) is 23.9. The normalized spacial score (nSPS) is 20.2. The predicted octanol–water partition coefficient (Wildman–Crippen LogP) is 3.49. The van der Waals surface area contributed by atoms with Gasteiger partial charge in [0, 0.05) is 41.9 Å². The molecule has 16 heteroatoms. The number of pyridine rings is 1. The van der Waals surface area contributed by atoms with Crippen LogP contribution in [0.1, 0.15) is 21.8 Å². The molecular formula is C30H25F5N4O7. The van der Waals surface area contributed by atoms with Crippen molar-refractivity contribution in [2.75, 3.05) is 43.2 Å². The maximum atomic E-state index is 15.3. The van der Waals surface area contributed by atoms with E-state index in [1.807, 2.05) is 0 Å². The molecule has 2 unspecified atom stereocenters. The molecule has 2 saturated heterocycles. The van der Waals surface area contributed by atoms with E-state index in [9.17, 15) is 28.3 Å². The highest BCUT2D eigenvalue weighted by atomic mass is 19.3. The Morgan fingerprint density at radius 3 is 2.37 bits per heavy atom. The van der Waals surface area contributed by atoms with Crippen molar-refractivity contribution in [3.05, 3.63) is 77.1 Å². The summed E-state index contributed by atoms with van der Waals surface area (Å²) in [6, 6.07) is 8.45. The minimum atomic E-state index is -3.08. The van der Waals surface area contributed by atoms with Crippen molar-refractivity contribution < 1.29 is 55.7 Å². The molecule has 3 atom stereocenters. The Kier molecular flexibility index (Phi) is 9.57. The molecule has 0 spiro atoms. The number of alkyl halides is 2. The topological polar surface area (TPSA) is 131 Å². The number of amides is 3. The number of aliphatic hydroxyl groups is 1. The smallest absolute Gasteiger partial charge is 0.387 e. The molecule has 2 fully saturated rings. The van der Waals surface area contributed by atoms with Crippen LogP contribution in [0.4, 0.5) is 33.6 Å². The lowest BCUT2D eigenvalue weighted by atomic mass is 9.88. The molecular weight excluding hydrogens is 623 g/mol. The lowest BCUT2D eigenvalue weighted by Gasteiger charge is -2.31. The predicted molar refractivity (Wildman–Crippen MR) is 151 cm³/mol. The standard InChI is InChI=1S/C30H25F5N4O7/c1-44-17-8-22(32)26(23(33)9-17)20-12-39(27-21(31)6-7-24(37-27)38-11-18(13-40)45-14-25(38)41)29(43)19(20)10-36-28(42)15-2-4-16(5-3-15)46-30(34)35/h2-10,18-20,30,40H,11-14H2,1H3/b36-10+/t18?,19?,20-/m1/s1. The Morgan fingerprint density at radius 1 is 1.04 bits per heavy atom. The number of hydrogen-bond acceptors (Lipinski definition) is 8. The molecule has 3 aromatic rings. The number of aliphatic imine (C=N–C) groups is 1. The largest absolute Gasteiger partial charge is 0.497 e. The number of ether oxygens (including phenoxy) is 3. The SMILES string of the molecule is COc1cc(F)c([C@@H]2CN(c3nc(N4CC(CO)OCC4=O)ccc3F)C(=O)C2/C=N/C(=O)c2ccc(OC(F)F)cc2)c(F)c1. The van der Waals surface area contributed by atoms with Gasteiger partial charge in [-0.3, -0.25) is 24.2 Å². The van der Waals surface area contributed by atoms with E-state index in [0.717, 1.165) is 58.5 Å². The van der Waals surface area contributed by atoms with Crippen LogP contribution in [0.25, 0.3) is 0 Å². The lowest BCUT2D eigenvalue weighted by Crippen LogP contribution is -2.48. The fraction of sp³-hybridized carbons (Fsp3) is 0.300. The van der Waals surface area contributed by atoms with E-state index >= 15 is 13.2 Å². The molecule has 2 aliphatic rings. The van der Waals surface area contributed by atoms with Gasteiger partial charge in [-0.05, 0) is 36.4 Å². The second-order valence-corrected chi connectivity index (χ2v) is 10.2. The van der Waals surface area contributed by atoms with Crippen molar-refractivity contribution in [3.8, 4) is 11.5 Å². The maximum Gasteiger partial charge on any atom is 0.387 e. The van der Waals surface area contributed by atoms with E-state index in [0.29, 0.717) is 0 Å². The van der Waals surface area contributed by atoms with E-state index in [2.05, 4.69) is 14.7 Å². The number of carbonyl (C=O) groups is 3. The minimum absolute atomic E-state index is 0.0686. The van der Waals surface area contributed by atoms with E-state index < -0.39 is 84.3 Å². The summed E-state index contributed by atoms with van der Waals surface area (Å²) in [5.74, 6) is -9.35. The highest BCUT2D eigenvalue weighted by Gasteiger charge is 2.45. The number of nitrogens with zero attached hydrogens (tertiary/aromatic N) is 4. The summed E-state index contributed by atoms with van der Waals surface area (Å²) in [6.07, 6.45) is 0.138. The zero-order chi connectivity index (χ0) is 33.1. The van der Waals surface area contributed by atoms with Gasteiger partial charge in [0.05, 0.1) is 32.3 Å². The van der Waals surface area contributed by atoms with Crippen LogP contribution in [0, 0.1) is 23.4 Å². The summed E-state index contributed by atoms with van der Waals surface area (Å²) in [5.41, 5.74) is -0.630. The van der Waals surface area contributed by atoms with Gasteiger partial charge < -0.3 is 19.3 Å². The first-order chi connectivity index (χ1) is 22.0. The quantitative estimate of drug-likeness (QED) is 0.276. The first-order valence-electron chi connectivity index (χ1n) is 13.7. The Labute approximate surface area is 257 Å². The maximum absolute atomic E-state index is 15.3. The Morgan fingerprint density at radius 2 is 1.74 bits per heavy atom. The number of halogens is 5. The molecule has 11 nitrogen and oxygen atoms in total. The molecule has 3 amide bonds.